The van der Waals surface area contributed by atoms with Crippen molar-refractivity contribution in [2.24, 2.45) is 11.7 Å². The first-order valence-corrected chi connectivity index (χ1v) is 10.3. The number of hydrogen-bond acceptors (Lipinski definition) is 5. The van der Waals surface area contributed by atoms with Crippen molar-refractivity contribution in [2.45, 2.75) is 49.5 Å². The molecule has 0 aromatic heterocycles. The number of thioether (sulfide) groups is 1. The first kappa shape index (κ1) is 21.2. The maximum atomic E-state index is 12.3. The van der Waals surface area contributed by atoms with Crippen LogP contribution in [0.25, 0.3) is 0 Å². The van der Waals surface area contributed by atoms with Gasteiger partial charge in [0.1, 0.15) is 13.2 Å². The minimum atomic E-state index is 0. The van der Waals surface area contributed by atoms with Crippen LogP contribution >= 0.6 is 24.2 Å². The molecule has 1 fully saturated rings. The number of hydrogen-bond donors (Lipinski definition) is 2. The Morgan fingerprint density at radius 2 is 1.92 bits per heavy atom. The van der Waals surface area contributed by atoms with Gasteiger partial charge >= 0.3 is 0 Å². The SMILES string of the molecule is Cl.NCC(NC(=O)CCSc1ccc2c(c1)OCCO2)C1CCCCC1. The third kappa shape index (κ3) is 5.96. The second-order valence-corrected chi connectivity index (χ2v) is 7.88. The Morgan fingerprint density at radius 1 is 1.19 bits per heavy atom. The largest absolute Gasteiger partial charge is 0.486 e. The molecule has 1 saturated carbocycles. The fraction of sp³-hybridized carbons (Fsp3) is 0.632. The number of carbonyl (C=O) groups excluding carboxylic acids is 1. The summed E-state index contributed by atoms with van der Waals surface area (Å²) in [6.07, 6.45) is 6.71. The fourth-order valence-electron chi connectivity index (χ4n) is 3.56. The van der Waals surface area contributed by atoms with Crippen molar-refractivity contribution in [1.29, 1.82) is 0 Å². The van der Waals surface area contributed by atoms with Crippen LogP contribution in [0, 0.1) is 5.92 Å². The quantitative estimate of drug-likeness (QED) is 0.686. The zero-order valence-corrected chi connectivity index (χ0v) is 16.7. The van der Waals surface area contributed by atoms with Crippen molar-refractivity contribution in [3.8, 4) is 11.5 Å². The van der Waals surface area contributed by atoms with Crippen LogP contribution in [0.5, 0.6) is 11.5 Å². The van der Waals surface area contributed by atoms with E-state index in [1.54, 1.807) is 11.8 Å². The summed E-state index contributed by atoms with van der Waals surface area (Å²) in [5.41, 5.74) is 5.89. The third-order valence-corrected chi connectivity index (χ3v) is 5.93. The molecule has 3 rings (SSSR count). The summed E-state index contributed by atoms with van der Waals surface area (Å²) in [4.78, 5) is 13.4. The van der Waals surface area contributed by atoms with Gasteiger partial charge < -0.3 is 20.5 Å². The topological polar surface area (TPSA) is 73.6 Å². The lowest BCUT2D eigenvalue weighted by Crippen LogP contribution is -2.46. The van der Waals surface area contributed by atoms with E-state index in [-0.39, 0.29) is 24.4 Å². The summed E-state index contributed by atoms with van der Waals surface area (Å²) in [5, 5.41) is 3.15. The average Bonchev–Trinajstić information content (AvgIpc) is 2.66. The molecule has 0 saturated heterocycles. The summed E-state index contributed by atoms with van der Waals surface area (Å²) < 4.78 is 11.1. The van der Waals surface area contributed by atoms with Gasteiger partial charge in [0, 0.05) is 29.7 Å². The molecule has 1 aromatic carbocycles. The molecule has 7 heteroatoms. The van der Waals surface area contributed by atoms with E-state index < -0.39 is 0 Å². The molecule has 0 spiro atoms. The lowest BCUT2D eigenvalue weighted by atomic mass is 9.84. The molecule has 1 unspecified atom stereocenters. The number of nitrogens with two attached hydrogens (primary N) is 1. The molecule has 1 aliphatic carbocycles. The van der Waals surface area contributed by atoms with Gasteiger partial charge in [0.05, 0.1) is 0 Å². The predicted octanol–water partition coefficient (Wildman–Crippen LogP) is 3.39. The second-order valence-electron chi connectivity index (χ2n) is 6.71. The molecule has 1 amide bonds. The van der Waals surface area contributed by atoms with Crippen LogP contribution in [0.15, 0.2) is 23.1 Å². The molecule has 1 heterocycles. The summed E-state index contributed by atoms with van der Waals surface area (Å²) in [7, 11) is 0. The molecule has 0 radical (unpaired) electrons. The second kappa shape index (κ2) is 10.9. The van der Waals surface area contributed by atoms with Gasteiger partial charge in [-0.05, 0) is 37.0 Å². The highest BCUT2D eigenvalue weighted by Crippen LogP contribution is 2.34. The van der Waals surface area contributed by atoms with Gasteiger partial charge in [0.15, 0.2) is 11.5 Å². The van der Waals surface area contributed by atoms with Crippen LogP contribution in [-0.4, -0.2) is 37.5 Å². The van der Waals surface area contributed by atoms with Gasteiger partial charge in [-0.1, -0.05) is 19.3 Å². The van der Waals surface area contributed by atoms with Crippen LogP contribution in [0.1, 0.15) is 38.5 Å². The van der Waals surface area contributed by atoms with E-state index in [1.807, 2.05) is 18.2 Å². The van der Waals surface area contributed by atoms with Gasteiger partial charge in [-0.2, -0.15) is 0 Å². The van der Waals surface area contributed by atoms with Crippen molar-refractivity contribution < 1.29 is 14.3 Å². The van der Waals surface area contributed by atoms with Gasteiger partial charge in [-0.25, -0.2) is 0 Å². The van der Waals surface area contributed by atoms with Crippen molar-refractivity contribution in [1.82, 2.24) is 5.32 Å². The smallest absolute Gasteiger partial charge is 0.221 e. The van der Waals surface area contributed by atoms with Crippen LogP contribution in [0.4, 0.5) is 0 Å². The third-order valence-electron chi connectivity index (χ3n) is 4.93. The fourth-order valence-corrected chi connectivity index (χ4v) is 4.44. The van der Waals surface area contributed by atoms with Crippen molar-refractivity contribution in [3.63, 3.8) is 0 Å². The molecular formula is C19H29ClN2O3S. The molecule has 2 aliphatic rings. The lowest BCUT2D eigenvalue weighted by molar-refractivity contribution is -0.121. The standard InChI is InChI=1S/C19H28N2O3S.ClH/c20-13-16(14-4-2-1-3-5-14)21-19(22)8-11-25-15-6-7-17-18(12-15)24-10-9-23-17;/h6-7,12,14,16H,1-5,8-11,13,20H2,(H,21,22);1H. The Balaban J connectivity index is 0.00000243. The minimum Gasteiger partial charge on any atom is -0.486 e. The highest BCUT2D eigenvalue weighted by atomic mass is 35.5. The highest BCUT2D eigenvalue weighted by Gasteiger charge is 2.23. The number of rotatable bonds is 7. The Labute approximate surface area is 166 Å². The molecular weight excluding hydrogens is 372 g/mol. The average molecular weight is 401 g/mol. The molecule has 0 bridgehead atoms. The van der Waals surface area contributed by atoms with Crippen molar-refractivity contribution >= 4 is 30.1 Å². The number of amides is 1. The van der Waals surface area contributed by atoms with E-state index in [2.05, 4.69) is 5.32 Å². The number of ether oxygens (including phenoxy) is 2. The molecule has 1 atom stereocenters. The van der Waals surface area contributed by atoms with Crippen molar-refractivity contribution in [3.05, 3.63) is 18.2 Å². The molecule has 5 nitrogen and oxygen atoms in total. The zero-order chi connectivity index (χ0) is 17.5. The number of fused-ring (bicyclic) bond motifs is 1. The predicted molar refractivity (Wildman–Crippen MR) is 108 cm³/mol. The molecule has 1 aliphatic heterocycles. The number of benzene rings is 1. The zero-order valence-electron chi connectivity index (χ0n) is 15.1. The van der Waals surface area contributed by atoms with E-state index in [1.165, 1.54) is 32.1 Å². The number of carbonyl (C=O) groups is 1. The molecule has 3 N–H and O–H groups in total. The Hall–Kier alpha value is -1.11. The van der Waals surface area contributed by atoms with Gasteiger partial charge in [-0.15, -0.1) is 24.2 Å². The van der Waals surface area contributed by atoms with Gasteiger partial charge in [0.2, 0.25) is 5.91 Å². The summed E-state index contributed by atoms with van der Waals surface area (Å²) in [5.74, 6) is 2.99. The first-order chi connectivity index (χ1) is 12.3. The van der Waals surface area contributed by atoms with Gasteiger partial charge in [0.25, 0.3) is 0 Å². The monoisotopic (exact) mass is 400 g/mol. The lowest BCUT2D eigenvalue weighted by Gasteiger charge is -2.30. The van der Waals surface area contributed by atoms with Crippen LogP contribution < -0.4 is 20.5 Å². The van der Waals surface area contributed by atoms with E-state index in [0.717, 1.165) is 22.1 Å². The maximum absolute atomic E-state index is 12.3. The summed E-state index contributed by atoms with van der Waals surface area (Å²) >= 11 is 1.66. The van der Waals surface area contributed by atoms with E-state index in [9.17, 15) is 4.79 Å². The first-order valence-electron chi connectivity index (χ1n) is 9.28. The maximum Gasteiger partial charge on any atom is 0.221 e. The van der Waals surface area contributed by atoms with Crippen molar-refractivity contribution in [2.75, 3.05) is 25.5 Å². The Kier molecular flexibility index (Phi) is 8.88. The van der Waals surface area contributed by atoms with E-state index in [0.29, 0.717) is 32.1 Å². The highest BCUT2D eigenvalue weighted by molar-refractivity contribution is 7.99. The normalized spacial score (nSPS) is 17.9. The number of nitrogens with one attached hydrogen (secondary N) is 1. The minimum absolute atomic E-state index is 0. The Bertz CT molecular complexity index is 582. The molecule has 1 aromatic rings. The summed E-state index contributed by atoms with van der Waals surface area (Å²) in [6.45, 7) is 1.72. The molecule has 146 valence electrons. The van der Waals surface area contributed by atoms with E-state index in [4.69, 9.17) is 15.2 Å². The van der Waals surface area contributed by atoms with Gasteiger partial charge in [-0.3, -0.25) is 4.79 Å². The van der Waals surface area contributed by atoms with Crippen LogP contribution in [-0.2, 0) is 4.79 Å². The van der Waals surface area contributed by atoms with Crippen LogP contribution in [0.3, 0.4) is 0 Å². The summed E-state index contributed by atoms with van der Waals surface area (Å²) in [6, 6.07) is 6.07. The Morgan fingerprint density at radius 3 is 2.65 bits per heavy atom. The number of halogens is 1. The molecule has 26 heavy (non-hydrogen) atoms. The van der Waals surface area contributed by atoms with E-state index >= 15 is 0 Å². The van der Waals surface area contributed by atoms with Crippen LogP contribution in [0.2, 0.25) is 0 Å².